The van der Waals surface area contributed by atoms with E-state index in [0.29, 0.717) is 18.4 Å². The first kappa shape index (κ1) is 15.0. The Morgan fingerprint density at radius 1 is 1.22 bits per heavy atom. The average Bonchev–Trinajstić information content (AvgIpc) is 2.37. The molecule has 0 bridgehead atoms. The van der Waals surface area contributed by atoms with Gasteiger partial charge in [0.05, 0.1) is 7.11 Å². The summed E-state index contributed by atoms with van der Waals surface area (Å²) in [5, 5.41) is 0. The standard InChI is InChI=1S/C15H26N2O/c1-10(2)13-8-12(5-6-15(13)18-4)14(17)7-11(3)9-16/h5-6,8,10-11,14H,7,9,16-17H2,1-4H3. The SMILES string of the molecule is COc1ccc(C(N)CC(C)CN)cc1C(C)C. The molecule has 0 saturated heterocycles. The second kappa shape index (κ2) is 6.76. The molecule has 3 heteroatoms. The minimum atomic E-state index is 0.0481. The van der Waals surface area contributed by atoms with Crippen LogP contribution in [0.25, 0.3) is 0 Å². The summed E-state index contributed by atoms with van der Waals surface area (Å²) in [7, 11) is 1.71. The fraction of sp³-hybridized carbons (Fsp3) is 0.600. The van der Waals surface area contributed by atoms with Crippen LogP contribution >= 0.6 is 0 Å². The summed E-state index contributed by atoms with van der Waals surface area (Å²) in [6, 6.07) is 6.28. The maximum Gasteiger partial charge on any atom is 0.122 e. The zero-order valence-electron chi connectivity index (χ0n) is 11.9. The van der Waals surface area contributed by atoms with E-state index in [-0.39, 0.29) is 6.04 Å². The molecule has 18 heavy (non-hydrogen) atoms. The molecule has 1 rings (SSSR count). The Morgan fingerprint density at radius 2 is 1.89 bits per heavy atom. The molecule has 0 saturated carbocycles. The predicted molar refractivity (Wildman–Crippen MR) is 76.8 cm³/mol. The Hall–Kier alpha value is -1.06. The van der Waals surface area contributed by atoms with Crippen molar-refractivity contribution in [3.8, 4) is 5.75 Å². The van der Waals surface area contributed by atoms with Crippen molar-refractivity contribution >= 4 is 0 Å². The van der Waals surface area contributed by atoms with E-state index in [0.717, 1.165) is 12.2 Å². The van der Waals surface area contributed by atoms with Gasteiger partial charge in [-0.15, -0.1) is 0 Å². The van der Waals surface area contributed by atoms with E-state index in [1.165, 1.54) is 11.1 Å². The molecule has 4 N–H and O–H groups in total. The first-order valence-electron chi connectivity index (χ1n) is 6.63. The van der Waals surface area contributed by atoms with E-state index in [4.69, 9.17) is 16.2 Å². The Morgan fingerprint density at radius 3 is 2.39 bits per heavy atom. The summed E-state index contributed by atoms with van der Waals surface area (Å²) >= 11 is 0. The fourth-order valence-electron chi connectivity index (χ4n) is 2.10. The van der Waals surface area contributed by atoms with Crippen LogP contribution in [-0.2, 0) is 0 Å². The van der Waals surface area contributed by atoms with Crippen molar-refractivity contribution < 1.29 is 4.74 Å². The molecule has 2 atom stereocenters. The molecule has 3 nitrogen and oxygen atoms in total. The molecule has 2 unspecified atom stereocenters. The van der Waals surface area contributed by atoms with Crippen LogP contribution < -0.4 is 16.2 Å². The second-order valence-electron chi connectivity index (χ2n) is 5.34. The highest BCUT2D eigenvalue weighted by molar-refractivity contribution is 5.40. The Labute approximate surface area is 111 Å². The number of benzene rings is 1. The minimum absolute atomic E-state index is 0.0481. The maximum absolute atomic E-state index is 6.24. The number of ether oxygens (including phenoxy) is 1. The van der Waals surface area contributed by atoms with Gasteiger partial charge in [-0.1, -0.05) is 32.9 Å². The molecule has 1 aromatic rings. The Bertz CT molecular complexity index is 377. The molecule has 0 spiro atoms. The first-order valence-corrected chi connectivity index (χ1v) is 6.63. The number of hydrogen-bond acceptors (Lipinski definition) is 3. The van der Waals surface area contributed by atoms with Crippen LogP contribution in [0.5, 0.6) is 5.75 Å². The van der Waals surface area contributed by atoms with E-state index in [2.05, 4.69) is 32.9 Å². The number of rotatable bonds is 6. The van der Waals surface area contributed by atoms with Gasteiger partial charge in [0.15, 0.2) is 0 Å². The van der Waals surface area contributed by atoms with Gasteiger partial charge in [-0.2, -0.15) is 0 Å². The molecule has 0 amide bonds. The highest BCUT2D eigenvalue weighted by atomic mass is 16.5. The maximum atomic E-state index is 6.24. The van der Waals surface area contributed by atoms with Gasteiger partial charge in [0.1, 0.15) is 5.75 Å². The summed E-state index contributed by atoms with van der Waals surface area (Å²) in [6.45, 7) is 7.14. The number of hydrogen-bond donors (Lipinski definition) is 2. The molecule has 0 aliphatic rings. The lowest BCUT2D eigenvalue weighted by molar-refractivity contribution is 0.406. The fourth-order valence-corrected chi connectivity index (χ4v) is 2.10. The molecule has 0 radical (unpaired) electrons. The third-order valence-corrected chi connectivity index (χ3v) is 3.36. The van der Waals surface area contributed by atoms with E-state index in [9.17, 15) is 0 Å². The van der Waals surface area contributed by atoms with Crippen molar-refractivity contribution in [3.05, 3.63) is 29.3 Å². The van der Waals surface area contributed by atoms with Gasteiger partial charge in [0, 0.05) is 6.04 Å². The van der Waals surface area contributed by atoms with Crippen LogP contribution in [0.2, 0.25) is 0 Å². The van der Waals surface area contributed by atoms with E-state index in [1.807, 2.05) is 6.07 Å². The highest BCUT2D eigenvalue weighted by Crippen LogP contribution is 2.30. The molecule has 0 aliphatic carbocycles. The molecular weight excluding hydrogens is 224 g/mol. The summed E-state index contributed by atoms with van der Waals surface area (Å²) in [5.41, 5.74) is 14.3. The summed E-state index contributed by atoms with van der Waals surface area (Å²) < 4.78 is 5.38. The zero-order valence-corrected chi connectivity index (χ0v) is 11.9. The van der Waals surface area contributed by atoms with E-state index < -0.39 is 0 Å². The predicted octanol–water partition coefficient (Wildman–Crippen LogP) is 2.80. The van der Waals surface area contributed by atoms with Crippen molar-refractivity contribution in [2.45, 2.75) is 39.2 Å². The Kier molecular flexibility index (Phi) is 5.63. The van der Waals surface area contributed by atoms with Crippen LogP contribution in [0.3, 0.4) is 0 Å². The minimum Gasteiger partial charge on any atom is -0.496 e. The lowest BCUT2D eigenvalue weighted by Gasteiger charge is -2.19. The van der Waals surface area contributed by atoms with Crippen molar-refractivity contribution in [1.82, 2.24) is 0 Å². The number of methoxy groups -OCH3 is 1. The van der Waals surface area contributed by atoms with Crippen LogP contribution in [0.1, 0.15) is 50.3 Å². The van der Waals surface area contributed by atoms with Crippen LogP contribution in [0, 0.1) is 5.92 Å². The van der Waals surface area contributed by atoms with E-state index >= 15 is 0 Å². The molecule has 0 heterocycles. The topological polar surface area (TPSA) is 61.3 Å². The van der Waals surface area contributed by atoms with Crippen molar-refractivity contribution in [1.29, 1.82) is 0 Å². The van der Waals surface area contributed by atoms with Crippen LogP contribution in [-0.4, -0.2) is 13.7 Å². The lowest BCUT2D eigenvalue weighted by atomic mass is 9.92. The molecule has 102 valence electrons. The molecule has 0 aliphatic heterocycles. The first-order chi connectivity index (χ1) is 8.49. The second-order valence-corrected chi connectivity index (χ2v) is 5.34. The van der Waals surface area contributed by atoms with Gasteiger partial charge in [-0.05, 0) is 42.0 Å². The Balaban J connectivity index is 2.93. The molecule has 0 aromatic heterocycles. The van der Waals surface area contributed by atoms with Gasteiger partial charge in [-0.3, -0.25) is 0 Å². The van der Waals surface area contributed by atoms with Gasteiger partial charge in [0.2, 0.25) is 0 Å². The van der Waals surface area contributed by atoms with Crippen molar-refractivity contribution in [2.75, 3.05) is 13.7 Å². The summed E-state index contributed by atoms with van der Waals surface area (Å²) in [6.07, 6.45) is 0.917. The number of nitrogens with two attached hydrogens (primary N) is 2. The molecular formula is C15H26N2O. The van der Waals surface area contributed by atoms with Gasteiger partial charge >= 0.3 is 0 Å². The van der Waals surface area contributed by atoms with Gasteiger partial charge < -0.3 is 16.2 Å². The van der Waals surface area contributed by atoms with Gasteiger partial charge in [-0.25, -0.2) is 0 Å². The third kappa shape index (κ3) is 3.72. The molecule has 1 aromatic carbocycles. The highest BCUT2D eigenvalue weighted by Gasteiger charge is 2.14. The largest absolute Gasteiger partial charge is 0.496 e. The lowest BCUT2D eigenvalue weighted by Crippen LogP contribution is -2.19. The van der Waals surface area contributed by atoms with Crippen molar-refractivity contribution in [2.24, 2.45) is 17.4 Å². The quantitative estimate of drug-likeness (QED) is 0.816. The normalized spacial score (nSPS) is 14.6. The zero-order chi connectivity index (χ0) is 13.7. The summed E-state index contributed by atoms with van der Waals surface area (Å²) in [4.78, 5) is 0. The average molecular weight is 250 g/mol. The third-order valence-electron chi connectivity index (χ3n) is 3.36. The molecule has 0 fully saturated rings. The van der Waals surface area contributed by atoms with Gasteiger partial charge in [0.25, 0.3) is 0 Å². The smallest absolute Gasteiger partial charge is 0.122 e. The van der Waals surface area contributed by atoms with Crippen LogP contribution in [0.4, 0.5) is 0 Å². The monoisotopic (exact) mass is 250 g/mol. The summed E-state index contributed by atoms with van der Waals surface area (Å²) in [5.74, 6) is 1.82. The van der Waals surface area contributed by atoms with E-state index in [1.54, 1.807) is 7.11 Å². The van der Waals surface area contributed by atoms with Crippen LogP contribution in [0.15, 0.2) is 18.2 Å². The van der Waals surface area contributed by atoms with Crippen molar-refractivity contribution in [3.63, 3.8) is 0 Å².